The summed E-state index contributed by atoms with van der Waals surface area (Å²) >= 11 is 12.6. The highest BCUT2D eigenvalue weighted by Gasteiger charge is 2.25. The SMILES string of the molecule is CC(C)[C@H]1CN(c2cc(NC(=O)Cn3cc(-c4cc(Cl)c(O)c(C(N)=O)c4)c4c(=O)n(C)cnc43)c(Cl)cn2)CCO1. The number of carbonyl (C=O) groups is 2. The second-order valence-corrected chi connectivity index (χ2v) is 11.2. The number of ether oxygens (including phenoxy) is 1. The molecule has 1 aliphatic rings. The Morgan fingerprint density at radius 2 is 1.98 bits per heavy atom. The van der Waals surface area contributed by atoms with Crippen LogP contribution in [0.25, 0.3) is 22.2 Å². The van der Waals surface area contributed by atoms with Crippen molar-refractivity contribution in [3.63, 3.8) is 0 Å². The molecule has 0 spiro atoms. The summed E-state index contributed by atoms with van der Waals surface area (Å²) in [5, 5.41) is 13.4. The van der Waals surface area contributed by atoms with E-state index in [9.17, 15) is 19.5 Å². The third-order valence-corrected chi connectivity index (χ3v) is 7.76. The van der Waals surface area contributed by atoms with Crippen molar-refractivity contribution in [2.45, 2.75) is 26.5 Å². The van der Waals surface area contributed by atoms with Crippen molar-refractivity contribution < 1.29 is 19.4 Å². The van der Waals surface area contributed by atoms with Crippen LogP contribution < -0.4 is 21.5 Å². The lowest BCUT2D eigenvalue weighted by Crippen LogP contribution is -2.45. The number of primary amides is 1. The minimum atomic E-state index is -0.893. The molecule has 0 saturated carbocycles. The van der Waals surface area contributed by atoms with E-state index in [1.165, 1.54) is 33.8 Å². The van der Waals surface area contributed by atoms with Gasteiger partial charge in [0.2, 0.25) is 5.91 Å². The van der Waals surface area contributed by atoms with Crippen molar-refractivity contribution in [3.8, 4) is 16.9 Å². The fraction of sp³-hybridized carbons (Fsp3) is 0.321. The number of amides is 2. The molecule has 42 heavy (non-hydrogen) atoms. The van der Waals surface area contributed by atoms with Crippen LogP contribution in [0.5, 0.6) is 5.75 Å². The quantitative estimate of drug-likeness (QED) is 0.286. The number of morpholine rings is 1. The molecule has 3 aromatic heterocycles. The molecule has 0 bridgehead atoms. The molecular formula is C28H29Cl2N7O5. The van der Waals surface area contributed by atoms with Crippen LogP contribution in [0.2, 0.25) is 10.0 Å². The molecule has 12 nitrogen and oxygen atoms in total. The summed E-state index contributed by atoms with van der Waals surface area (Å²) in [5.74, 6) is -0.783. The number of nitrogens with two attached hydrogens (primary N) is 1. The van der Waals surface area contributed by atoms with E-state index in [0.29, 0.717) is 48.2 Å². The molecular weight excluding hydrogens is 585 g/mol. The number of rotatable bonds is 7. The monoisotopic (exact) mass is 613 g/mol. The zero-order valence-electron chi connectivity index (χ0n) is 23.1. The smallest absolute Gasteiger partial charge is 0.263 e. The number of carbonyl (C=O) groups excluding carboxylic acids is 2. The van der Waals surface area contributed by atoms with Crippen molar-refractivity contribution in [2.75, 3.05) is 29.9 Å². The lowest BCUT2D eigenvalue weighted by Gasteiger charge is -2.35. The molecule has 220 valence electrons. The Labute approximate surface area is 250 Å². The highest BCUT2D eigenvalue weighted by atomic mass is 35.5. The van der Waals surface area contributed by atoms with Gasteiger partial charge >= 0.3 is 0 Å². The highest BCUT2D eigenvalue weighted by molar-refractivity contribution is 6.34. The van der Waals surface area contributed by atoms with E-state index in [-0.39, 0.29) is 44.9 Å². The Balaban J connectivity index is 1.47. The van der Waals surface area contributed by atoms with Crippen molar-refractivity contribution >= 4 is 57.6 Å². The van der Waals surface area contributed by atoms with Crippen LogP contribution in [0.1, 0.15) is 24.2 Å². The first-order chi connectivity index (χ1) is 19.9. The number of anilines is 2. The molecule has 1 aromatic carbocycles. The predicted octanol–water partition coefficient (Wildman–Crippen LogP) is 3.41. The second kappa shape index (κ2) is 11.6. The minimum Gasteiger partial charge on any atom is -0.506 e. The fourth-order valence-electron chi connectivity index (χ4n) is 4.87. The Morgan fingerprint density at radius 1 is 1.21 bits per heavy atom. The largest absolute Gasteiger partial charge is 0.506 e. The maximum absolute atomic E-state index is 13.3. The maximum atomic E-state index is 13.3. The topological polar surface area (TPSA) is 158 Å². The molecule has 4 aromatic rings. The molecule has 4 heterocycles. The van der Waals surface area contributed by atoms with Crippen molar-refractivity contribution in [3.05, 3.63) is 62.9 Å². The molecule has 4 N–H and O–H groups in total. The minimum absolute atomic E-state index is 0.0632. The van der Waals surface area contributed by atoms with E-state index >= 15 is 0 Å². The Bertz CT molecular complexity index is 1770. The summed E-state index contributed by atoms with van der Waals surface area (Å²) in [6.45, 7) is 5.87. The summed E-state index contributed by atoms with van der Waals surface area (Å²) in [6, 6.07) is 4.46. The first-order valence-corrected chi connectivity index (χ1v) is 13.9. The first kappa shape index (κ1) is 29.4. The number of fused-ring (bicyclic) bond motifs is 1. The van der Waals surface area contributed by atoms with Crippen LogP contribution in [0, 0.1) is 5.92 Å². The van der Waals surface area contributed by atoms with E-state index in [1.54, 1.807) is 19.3 Å². The molecule has 2 amide bonds. The number of hydrogen-bond donors (Lipinski definition) is 3. The van der Waals surface area contributed by atoms with Gasteiger partial charge in [0, 0.05) is 38.0 Å². The number of benzene rings is 1. The van der Waals surface area contributed by atoms with E-state index in [2.05, 4.69) is 34.0 Å². The standard InChI is InChI=1S/C28H29Cl2N7O5/c1-14(2)21-11-36(4-5-42-21)22-8-20(19(30)9-32-22)34-23(38)12-37-10-17(24-27(37)33-13-35(3)28(24)41)15-6-16(26(31)40)25(39)18(29)7-15/h6-10,13-14,21,39H,4-5,11-12H2,1-3H3,(H2,31,40)(H,32,34,38)/t21-/m1/s1. The van der Waals surface area contributed by atoms with Crippen LogP contribution in [0.15, 0.2) is 41.7 Å². The normalized spacial score (nSPS) is 15.4. The highest BCUT2D eigenvalue weighted by Crippen LogP contribution is 2.36. The van der Waals surface area contributed by atoms with Crippen LogP contribution in [-0.4, -0.2) is 61.8 Å². The third kappa shape index (κ3) is 5.65. The van der Waals surface area contributed by atoms with E-state index in [0.717, 1.165) is 0 Å². The number of aromatic hydroxyl groups is 1. The molecule has 0 radical (unpaired) electrons. The predicted molar refractivity (Wildman–Crippen MR) is 160 cm³/mol. The van der Waals surface area contributed by atoms with Gasteiger partial charge in [-0.25, -0.2) is 9.97 Å². The molecule has 1 aliphatic heterocycles. The van der Waals surface area contributed by atoms with Gasteiger partial charge in [0.05, 0.1) is 51.9 Å². The van der Waals surface area contributed by atoms with Gasteiger partial charge < -0.3 is 34.9 Å². The molecule has 0 aliphatic carbocycles. The zero-order valence-corrected chi connectivity index (χ0v) is 24.6. The summed E-state index contributed by atoms with van der Waals surface area (Å²) in [6.07, 6.45) is 4.46. The Hall–Kier alpha value is -4.13. The fourth-order valence-corrected chi connectivity index (χ4v) is 5.24. The van der Waals surface area contributed by atoms with Crippen molar-refractivity contribution in [1.29, 1.82) is 0 Å². The molecule has 1 fully saturated rings. The molecule has 0 unspecified atom stereocenters. The summed E-state index contributed by atoms with van der Waals surface area (Å²) in [7, 11) is 1.54. The molecule has 1 atom stereocenters. The summed E-state index contributed by atoms with van der Waals surface area (Å²) in [5.41, 5.74) is 6.14. The van der Waals surface area contributed by atoms with Crippen LogP contribution >= 0.6 is 23.2 Å². The lowest BCUT2D eigenvalue weighted by atomic mass is 10.0. The number of nitrogens with zero attached hydrogens (tertiary/aromatic N) is 5. The number of halogens is 2. The van der Waals surface area contributed by atoms with E-state index < -0.39 is 17.6 Å². The zero-order chi connectivity index (χ0) is 30.3. The molecule has 14 heteroatoms. The van der Waals surface area contributed by atoms with E-state index in [4.69, 9.17) is 33.7 Å². The molecule has 1 saturated heterocycles. The van der Waals surface area contributed by atoms with Gasteiger partial charge in [0.15, 0.2) is 0 Å². The lowest BCUT2D eigenvalue weighted by molar-refractivity contribution is -0.116. The third-order valence-electron chi connectivity index (χ3n) is 7.17. The van der Waals surface area contributed by atoms with Gasteiger partial charge in [0.25, 0.3) is 11.5 Å². The number of aryl methyl sites for hydroxylation is 1. The van der Waals surface area contributed by atoms with Gasteiger partial charge in [-0.05, 0) is 23.6 Å². The van der Waals surface area contributed by atoms with Gasteiger partial charge in [-0.1, -0.05) is 37.0 Å². The first-order valence-electron chi connectivity index (χ1n) is 13.1. The van der Waals surface area contributed by atoms with Gasteiger partial charge in [-0.2, -0.15) is 0 Å². The summed E-state index contributed by atoms with van der Waals surface area (Å²) < 4.78 is 8.65. The number of pyridine rings is 1. The Kier molecular flexibility index (Phi) is 8.13. The average Bonchev–Trinajstić information content (AvgIpc) is 3.31. The molecule has 5 rings (SSSR count). The number of phenols is 1. The van der Waals surface area contributed by atoms with Crippen molar-refractivity contribution in [2.24, 2.45) is 18.7 Å². The number of hydrogen-bond acceptors (Lipinski definition) is 8. The summed E-state index contributed by atoms with van der Waals surface area (Å²) in [4.78, 5) is 49.3. The van der Waals surface area contributed by atoms with Gasteiger partial charge in [-0.3, -0.25) is 14.4 Å². The second-order valence-electron chi connectivity index (χ2n) is 10.4. The van der Waals surface area contributed by atoms with Gasteiger partial charge in [-0.15, -0.1) is 0 Å². The van der Waals surface area contributed by atoms with Crippen LogP contribution in [-0.2, 0) is 23.1 Å². The van der Waals surface area contributed by atoms with Crippen molar-refractivity contribution in [1.82, 2.24) is 19.1 Å². The van der Waals surface area contributed by atoms with Gasteiger partial charge in [0.1, 0.15) is 23.8 Å². The maximum Gasteiger partial charge on any atom is 0.263 e. The van der Waals surface area contributed by atoms with E-state index in [1.807, 2.05) is 0 Å². The average molecular weight is 614 g/mol. The number of nitrogens with one attached hydrogen (secondary N) is 1. The Morgan fingerprint density at radius 3 is 2.69 bits per heavy atom. The van der Waals surface area contributed by atoms with Crippen LogP contribution in [0.3, 0.4) is 0 Å². The van der Waals surface area contributed by atoms with Crippen LogP contribution in [0.4, 0.5) is 11.5 Å². The number of aromatic nitrogens is 4.